The van der Waals surface area contributed by atoms with E-state index in [0.29, 0.717) is 41.3 Å². The number of ether oxygens (including phenoxy) is 2. The summed E-state index contributed by atoms with van der Waals surface area (Å²) in [5, 5.41) is 5.22. The van der Waals surface area contributed by atoms with Crippen LogP contribution >= 0.6 is 0 Å². The van der Waals surface area contributed by atoms with Crippen molar-refractivity contribution < 1.29 is 27.5 Å². The molecule has 2 aromatic carbocycles. The van der Waals surface area contributed by atoms with Gasteiger partial charge < -0.3 is 9.47 Å². The molecule has 0 saturated heterocycles. The summed E-state index contributed by atoms with van der Waals surface area (Å²) in [5.74, 6) is 0.521. The van der Waals surface area contributed by atoms with Crippen molar-refractivity contribution >= 4 is 27.4 Å². The Morgan fingerprint density at radius 3 is 2.26 bits per heavy atom. The van der Waals surface area contributed by atoms with Crippen LogP contribution in [-0.2, 0) is 19.6 Å². The van der Waals surface area contributed by atoms with E-state index in [4.69, 9.17) is 14.6 Å². The minimum absolute atomic E-state index is 0.00669. The Balaban J connectivity index is 1.88. The summed E-state index contributed by atoms with van der Waals surface area (Å²) < 4.78 is 34.2. The molecule has 1 heterocycles. The van der Waals surface area contributed by atoms with E-state index in [-0.39, 0.29) is 28.4 Å². The molecule has 1 atom stereocenters. The van der Waals surface area contributed by atoms with E-state index in [9.17, 15) is 18.0 Å². The molecule has 0 bridgehead atoms. The molecule has 1 aliphatic heterocycles. The number of primary sulfonamides is 1. The van der Waals surface area contributed by atoms with Gasteiger partial charge in [-0.05, 0) is 42.2 Å². The van der Waals surface area contributed by atoms with Gasteiger partial charge in [-0.15, -0.1) is 0 Å². The highest BCUT2D eigenvalue weighted by atomic mass is 32.2. The number of hydrogen-bond acceptors (Lipinski definition) is 6. The highest BCUT2D eigenvalue weighted by Gasteiger charge is 2.45. The number of anilines is 1. The first-order chi connectivity index (χ1) is 15.9. The largest absolute Gasteiger partial charge is 0.497 e. The summed E-state index contributed by atoms with van der Waals surface area (Å²) in [6.45, 7) is 4.00. The van der Waals surface area contributed by atoms with Gasteiger partial charge in [0.1, 0.15) is 11.5 Å². The van der Waals surface area contributed by atoms with E-state index in [1.807, 2.05) is 19.9 Å². The molecule has 0 saturated carbocycles. The van der Waals surface area contributed by atoms with Gasteiger partial charge in [0.25, 0.3) is 0 Å². The predicted octanol–water partition coefficient (Wildman–Crippen LogP) is 3.51. The molecule has 2 N–H and O–H groups in total. The van der Waals surface area contributed by atoms with E-state index < -0.39 is 15.9 Å². The molecule has 180 valence electrons. The van der Waals surface area contributed by atoms with Crippen molar-refractivity contribution in [2.45, 2.75) is 43.9 Å². The topological polar surface area (TPSA) is 116 Å². The van der Waals surface area contributed by atoms with E-state index in [0.717, 1.165) is 5.56 Å². The van der Waals surface area contributed by atoms with Crippen LogP contribution in [0.4, 0.5) is 5.69 Å². The molecule has 1 aliphatic carbocycles. The van der Waals surface area contributed by atoms with Crippen molar-refractivity contribution in [3.63, 3.8) is 0 Å². The fourth-order valence-electron chi connectivity index (χ4n) is 4.87. The first kappa shape index (κ1) is 24.0. The molecular weight excluding hydrogens is 456 g/mol. The summed E-state index contributed by atoms with van der Waals surface area (Å²) in [5.41, 5.74) is 2.15. The number of carbonyl (C=O) groups excluding carboxylic acids is 2. The molecule has 0 aromatic heterocycles. The summed E-state index contributed by atoms with van der Waals surface area (Å²) in [7, 11) is -0.761. The van der Waals surface area contributed by atoms with Crippen LogP contribution < -0.4 is 19.5 Å². The number of methoxy groups -OCH3 is 2. The van der Waals surface area contributed by atoms with Crippen LogP contribution in [0.3, 0.4) is 0 Å². The van der Waals surface area contributed by atoms with Gasteiger partial charge >= 0.3 is 0 Å². The lowest BCUT2D eigenvalue weighted by atomic mass is 9.69. The smallest absolute Gasteiger partial charge is 0.238 e. The molecule has 34 heavy (non-hydrogen) atoms. The number of ketones is 1. The van der Waals surface area contributed by atoms with Gasteiger partial charge in [-0.3, -0.25) is 14.5 Å². The SMILES string of the molecule is COc1ccc(C2CC(=O)N(c3ccc(S(N)(=O)=O)cc3)C3=C2C(=O)CC(C)(C)C3)c(OC)c1. The molecule has 0 radical (unpaired) electrons. The number of sulfonamides is 1. The second-order valence-electron chi connectivity index (χ2n) is 9.43. The third-order valence-electron chi connectivity index (χ3n) is 6.38. The number of nitrogens with two attached hydrogens (primary N) is 1. The fourth-order valence-corrected chi connectivity index (χ4v) is 5.39. The lowest BCUT2D eigenvalue weighted by Crippen LogP contribution is -2.43. The van der Waals surface area contributed by atoms with Crippen LogP contribution in [0.2, 0.25) is 0 Å². The number of amides is 1. The number of benzene rings is 2. The number of nitrogens with zero attached hydrogens (tertiary/aromatic N) is 1. The molecule has 0 fully saturated rings. The van der Waals surface area contributed by atoms with Crippen LogP contribution in [0.25, 0.3) is 0 Å². The highest BCUT2D eigenvalue weighted by molar-refractivity contribution is 7.89. The molecule has 2 aliphatic rings. The van der Waals surface area contributed by atoms with Gasteiger partial charge in [0.05, 0.1) is 19.1 Å². The molecular formula is C25H28N2O6S. The van der Waals surface area contributed by atoms with Crippen LogP contribution in [-0.4, -0.2) is 34.3 Å². The summed E-state index contributed by atoms with van der Waals surface area (Å²) >= 11 is 0. The molecule has 8 nitrogen and oxygen atoms in total. The number of allylic oxidation sites excluding steroid dienone is 2. The first-order valence-corrected chi connectivity index (χ1v) is 12.4. The van der Waals surface area contributed by atoms with Crippen LogP contribution in [0.1, 0.15) is 44.6 Å². The molecule has 1 unspecified atom stereocenters. The lowest BCUT2D eigenvalue weighted by molar-refractivity contribution is -0.121. The maximum Gasteiger partial charge on any atom is 0.238 e. The van der Waals surface area contributed by atoms with Gasteiger partial charge in [-0.25, -0.2) is 13.6 Å². The Bertz CT molecular complexity index is 1300. The third kappa shape index (κ3) is 4.33. The van der Waals surface area contributed by atoms with Gasteiger partial charge in [0, 0.05) is 47.3 Å². The molecule has 2 aromatic rings. The van der Waals surface area contributed by atoms with E-state index in [1.54, 1.807) is 43.4 Å². The number of carbonyl (C=O) groups is 2. The van der Waals surface area contributed by atoms with Crippen molar-refractivity contribution in [2.24, 2.45) is 10.6 Å². The zero-order chi connectivity index (χ0) is 24.8. The lowest BCUT2D eigenvalue weighted by Gasteiger charge is -2.43. The Labute approximate surface area is 199 Å². The van der Waals surface area contributed by atoms with Crippen LogP contribution in [0, 0.1) is 5.41 Å². The number of rotatable bonds is 5. The zero-order valence-electron chi connectivity index (χ0n) is 19.6. The van der Waals surface area contributed by atoms with Gasteiger partial charge in [-0.2, -0.15) is 0 Å². The average molecular weight is 485 g/mol. The monoisotopic (exact) mass is 484 g/mol. The van der Waals surface area contributed by atoms with Crippen molar-refractivity contribution in [3.8, 4) is 11.5 Å². The van der Waals surface area contributed by atoms with Crippen molar-refractivity contribution in [1.29, 1.82) is 0 Å². The number of hydrogen-bond donors (Lipinski definition) is 1. The van der Waals surface area contributed by atoms with E-state index in [2.05, 4.69) is 0 Å². The maximum absolute atomic E-state index is 13.5. The molecule has 4 rings (SSSR count). The Morgan fingerprint density at radius 2 is 1.68 bits per heavy atom. The second-order valence-corrected chi connectivity index (χ2v) is 11.0. The van der Waals surface area contributed by atoms with Crippen LogP contribution in [0.5, 0.6) is 11.5 Å². The predicted molar refractivity (Wildman–Crippen MR) is 127 cm³/mol. The van der Waals surface area contributed by atoms with Crippen molar-refractivity contribution in [2.75, 3.05) is 19.1 Å². The second kappa shape index (κ2) is 8.56. The Hall–Kier alpha value is -3.17. The van der Waals surface area contributed by atoms with Gasteiger partial charge in [0.2, 0.25) is 15.9 Å². The Morgan fingerprint density at radius 1 is 1.00 bits per heavy atom. The molecule has 9 heteroatoms. The minimum Gasteiger partial charge on any atom is -0.497 e. The first-order valence-electron chi connectivity index (χ1n) is 10.9. The van der Waals surface area contributed by atoms with E-state index in [1.165, 1.54) is 12.1 Å². The minimum atomic E-state index is -3.87. The number of Topliss-reactive ketones (excluding diaryl/α,β-unsaturated/α-hetero) is 1. The summed E-state index contributed by atoms with van der Waals surface area (Å²) in [6.07, 6.45) is 0.962. The van der Waals surface area contributed by atoms with Crippen molar-refractivity contribution in [1.82, 2.24) is 0 Å². The highest BCUT2D eigenvalue weighted by Crippen LogP contribution is 2.49. The standard InChI is InChI=1S/C25H28N2O6S/c1-25(2)13-20-24(21(28)14-25)19(18-10-7-16(32-3)11-22(18)33-4)12-23(29)27(20)15-5-8-17(9-6-15)34(26,30)31/h5-11,19H,12-14H2,1-4H3,(H2,26,30,31). The fraction of sp³-hybridized carbons (Fsp3) is 0.360. The zero-order valence-corrected chi connectivity index (χ0v) is 20.4. The molecule has 1 amide bonds. The third-order valence-corrected chi connectivity index (χ3v) is 7.31. The quantitative estimate of drug-likeness (QED) is 0.694. The van der Waals surface area contributed by atoms with E-state index >= 15 is 0 Å². The average Bonchev–Trinajstić information content (AvgIpc) is 2.76. The summed E-state index contributed by atoms with van der Waals surface area (Å²) in [4.78, 5) is 28.5. The van der Waals surface area contributed by atoms with Gasteiger partial charge in [-0.1, -0.05) is 19.9 Å². The maximum atomic E-state index is 13.5. The molecule has 0 spiro atoms. The van der Waals surface area contributed by atoms with Gasteiger partial charge in [0.15, 0.2) is 5.78 Å². The van der Waals surface area contributed by atoms with Crippen molar-refractivity contribution in [3.05, 3.63) is 59.3 Å². The summed E-state index contributed by atoms with van der Waals surface area (Å²) in [6, 6.07) is 11.2. The van der Waals surface area contributed by atoms with Crippen LogP contribution in [0.15, 0.2) is 58.6 Å². The Kier molecular flexibility index (Phi) is 6.03. The normalized spacial score (nSPS) is 20.3.